The van der Waals surface area contributed by atoms with Crippen molar-refractivity contribution < 1.29 is 27.2 Å². The minimum atomic E-state index is -5.24. The van der Waals surface area contributed by atoms with E-state index >= 15 is 0 Å². The number of amidine groups is 1. The third-order valence-electron chi connectivity index (χ3n) is 5.58. The van der Waals surface area contributed by atoms with Crippen molar-refractivity contribution in [3.05, 3.63) is 71.5 Å². The van der Waals surface area contributed by atoms with Gasteiger partial charge >= 0.3 is 11.8 Å². The van der Waals surface area contributed by atoms with Gasteiger partial charge in [-0.2, -0.15) is 13.2 Å². The number of hydrogen-bond acceptors (Lipinski definition) is 3. The number of nitrogens with zero attached hydrogens (tertiary/aromatic N) is 2. The Bertz CT molecular complexity index is 1030. The fraction of sp³-hybridized carbons (Fsp3) is 0.318. The standard InChI is InChI=1S/C22H19F4N3O2/c23-17-13-7-6-12-16(17)19(30)28-21(22(24,25)26)20(31)29(15-10-4-5-11-15)18(27-21)14-8-2-1-3-9-14/h1-3,6-9,12-13,15H,4-5,10-11H2,(H,28,30). The SMILES string of the molecule is O=C(NC1(C(F)(F)F)N=C(c2ccccc2)N(C2CCCC2)C1=O)c1ccccc1F. The smallest absolute Gasteiger partial charge is 0.312 e. The molecule has 1 heterocycles. The molecule has 1 atom stereocenters. The monoisotopic (exact) mass is 433 g/mol. The number of amides is 2. The van der Waals surface area contributed by atoms with Crippen molar-refractivity contribution in [3.8, 4) is 0 Å². The van der Waals surface area contributed by atoms with Gasteiger partial charge in [0, 0.05) is 11.6 Å². The Hall–Kier alpha value is -3.23. The molecule has 0 saturated heterocycles. The zero-order valence-corrected chi connectivity index (χ0v) is 16.3. The molecule has 0 aromatic heterocycles. The molecule has 2 aliphatic rings. The minimum absolute atomic E-state index is 0.149. The van der Waals surface area contributed by atoms with E-state index in [0.717, 1.165) is 29.9 Å². The van der Waals surface area contributed by atoms with E-state index in [0.29, 0.717) is 18.4 Å². The minimum Gasteiger partial charge on any atom is -0.312 e. The summed E-state index contributed by atoms with van der Waals surface area (Å²) in [6.07, 6.45) is -2.62. The van der Waals surface area contributed by atoms with Crippen molar-refractivity contribution in [2.75, 3.05) is 0 Å². The number of benzene rings is 2. The fourth-order valence-electron chi connectivity index (χ4n) is 4.04. The lowest BCUT2D eigenvalue weighted by Crippen LogP contribution is -2.64. The molecule has 0 radical (unpaired) electrons. The van der Waals surface area contributed by atoms with E-state index in [9.17, 15) is 27.2 Å². The van der Waals surface area contributed by atoms with Crippen LogP contribution in [-0.2, 0) is 4.79 Å². The maximum absolute atomic E-state index is 14.3. The molecule has 1 unspecified atom stereocenters. The highest BCUT2D eigenvalue weighted by Crippen LogP contribution is 2.41. The van der Waals surface area contributed by atoms with Crippen molar-refractivity contribution in [2.45, 2.75) is 43.6 Å². The number of halogens is 4. The zero-order chi connectivity index (χ0) is 22.2. The number of rotatable bonds is 4. The highest BCUT2D eigenvalue weighted by atomic mass is 19.4. The lowest BCUT2D eigenvalue weighted by Gasteiger charge is -2.31. The van der Waals surface area contributed by atoms with Gasteiger partial charge in [0.25, 0.3) is 11.8 Å². The Morgan fingerprint density at radius 3 is 2.26 bits per heavy atom. The Labute approximate surface area is 175 Å². The summed E-state index contributed by atoms with van der Waals surface area (Å²) in [5.74, 6) is -3.89. The molecule has 2 aromatic rings. The second kappa shape index (κ2) is 7.79. The summed E-state index contributed by atoms with van der Waals surface area (Å²) < 4.78 is 57.0. The molecule has 5 nitrogen and oxygen atoms in total. The van der Waals surface area contributed by atoms with Gasteiger partial charge < -0.3 is 5.32 Å². The van der Waals surface area contributed by atoms with Gasteiger partial charge in [-0.3, -0.25) is 14.5 Å². The number of carbonyl (C=O) groups is 2. The molecule has 2 amide bonds. The van der Waals surface area contributed by atoms with Gasteiger partial charge in [0.05, 0.1) is 5.56 Å². The number of aliphatic imine (C=N–C) groups is 1. The summed E-state index contributed by atoms with van der Waals surface area (Å²) in [6.45, 7) is 0. The molecule has 1 fully saturated rings. The van der Waals surface area contributed by atoms with Crippen LogP contribution in [0.3, 0.4) is 0 Å². The van der Waals surface area contributed by atoms with Crippen LogP contribution in [0.15, 0.2) is 59.6 Å². The molecule has 1 saturated carbocycles. The summed E-state index contributed by atoms with van der Waals surface area (Å²) in [6, 6.07) is 12.2. The van der Waals surface area contributed by atoms with Gasteiger partial charge in [-0.05, 0) is 25.0 Å². The van der Waals surface area contributed by atoms with Crippen molar-refractivity contribution >= 4 is 17.6 Å². The molecule has 1 N–H and O–H groups in total. The van der Waals surface area contributed by atoms with Gasteiger partial charge in [-0.15, -0.1) is 0 Å². The van der Waals surface area contributed by atoms with Gasteiger partial charge in [-0.1, -0.05) is 55.3 Å². The first-order valence-electron chi connectivity index (χ1n) is 9.87. The average molecular weight is 433 g/mol. The third-order valence-corrected chi connectivity index (χ3v) is 5.58. The maximum Gasteiger partial charge on any atom is 0.442 e. The quantitative estimate of drug-likeness (QED) is 0.740. The summed E-state index contributed by atoms with van der Waals surface area (Å²) in [7, 11) is 0. The molecule has 4 rings (SSSR count). The molecular formula is C22H19F4N3O2. The first-order chi connectivity index (χ1) is 14.7. The zero-order valence-electron chi connectivity index (χ0n) is 16.3. The van der Waals surface area contributed by atoms with Crippen molar-refractivity contribution in [1.29, 1.82) is 0 Å². The largest absolute Gasteiger partial charge is 0.442 e. The van der Waals surface area contributed by atoms with E-state index in [-0.39, 0.29) is 5.84 Å². The molecule has 2 aromatic carbocycles. The fourth-order valence-corrected chi connectivity index (χ4v) is 4.04. The molecule has 0 bridgehead atoms. The van der Waals surface area contributed by atoms with Gasteiger partial charge in [0.2, 0.25) is 0 Å². The first-order valence-corrected chi connectivity index (χ1v) is 9.87. The van der Waals surface area contributed by atoms with E-state index < -0.39 is 41.1 Å². The normalized spacial score (nSPS) is 22.0. The van der Waals surface area contributed by atoms with Crippen molar-refractivity contribution in [1.82, 2.24) is 10.2 Å². The summed E-state index contributed by atoms with van der Waals surface area (Å²) in [5.41, 5.74) is -3.80. The second-order valence-corrected chi connectivity index (χ2v) is 7.56. The summed E-state index contributed by atoms with van der Waals surface area (Å²) >= 11 is 0. The molecular weight excluding hydrogens is 414 g/mol. The number of hydrogen-bond donors (Lipinski definition) is 1. The van der Waals surface area contributed by atoms with Crippen LogP contribution in [0.25, 0.3) is 0 Å². The number of carbonyl (C=O) groups excluding carboxylic acids is 2. The predicted octanol–water partition coefficient (Wildman–Crippen LogP) is 4.05. The summed E-state index contributed by atoms with van der Waals surface area (Å²) in [4.78, 5) is 30.7. The van der Waals surface area contributed by atoms with Gasteiger partial charge in [0.15, 0.2) is 0 Å². The van der Waals surface area contributed by atoms with Crippen molar-refractivity contribution in [2.24, 2.45) is 4.99 Å². The van der Waals surface area contributed by atoms with Gasteiger partial charge in [0.1, 0.15) is 11.7 Å². The van der Waals surface area contributed by atoms with Crippen molar-refractivity contribution in [3.63, 3.8) is 0 Å². The van der Waals surface area contributed by atoms with Crippen LogP contribution in [0.1, 0.15) is 41.6 Å². The lowest BCUT2D eigenvalue weighted by molar-refractivity contribution is -0.196. The maximum atomic E-state index is 14.3. The Morgan fingerprint density at radius 2 is 1.65 bits per heavy atom. The van der Waals surface area contributed by atoms with E-state index in [1.54, 1.807) is 35.6 Å². The van der Waals surface area contributed by atoms with Gasteiger partial charge in [-0.25, -0.2) is 9.38 Å². The van der Waals surface area contributed by atoms with E-state index in [1.165, 1.54) is 12.1 Å². The predicted molar refractivity (Wildman–Crippen MR) is 105 cm³/mol. The van der Waals surface area contributed by atoms with Crippen LogP contribution in [0.5, 0.6) is 0 Å². The third kappa shape index (κ3) is 3.58. The van der Waals surface area contributed by atoms with E-state index in [2.05, 4.69) is 4.99 Å². The average Bonchev–Trinajstić information content (AvgIpc) is 3.35. The Morgan fingerprint density at radius 1 is 1.03 bits per heavy atom. The first kappa shape index (κ1) is 21.0. The Balaban J connectivity index is 1.82. The van der Waals surface area contributed by atoms with Crippen LogP contribution in [0, 0.1) is 5.82 Å². The molecule has 1 aliphatic heterocycles. The highest BCUT2D eigenvalue weighted by Gasteiger charge is 2.68. The molecule has 162 valence electrons. The van der Waals surface area contributed by atoms with E-state index in [1.807, 2.05) is 0 Å². The molecule has 9 heteroatoms. The van der Waals surface area contributed by atoms with Crippen LogP contribution >= 0.6 is 0 Å². The number of alkyl halides is 3. The van der Waals surface area contributed by atoms with E-state index in [4.69, 9.17) is 0 Å². The molecule has 31 heavy (non-hydrogen) atoms. The Kier molecular flexibility index (Phi) is 5.28. The second-order valence-electron chi connectivity index (χ2n) is 7.56. The topological polar surface area (TPSA) is 61.8 Å². The molecule has 0 spiro atoms. The van der Waals surface area contributed by atoms with Crippen LogP contribution in [0.2, 0.25) is 0 Å². The molecule has 1 aliphatic carbocycles. The lowest BCUT2D eigenvalue weighted by atomic mass is 10.1. The van der Waals surface area contributed by atoms with Crippen LogP contribution in [-0.4, -0.2) is 40.4 Å². The summed E-state index contributed by atoms with van der Waals surface area (Å²) in [5, 5.41) is 1.71. The van der Waals surface area contributed by atoms with Crippen LogP contribution in [0.4, 0.5) is 17.6 Å². The number of nitrogens with one attached hydrogen (secondary N) is 1. The van der Waals surface area contributed by atoms with Crippen LogP contribution < -0.4 is 5.32 Å². The highest BCUT2D eigenvalue weighted by molar-refractivity contribution is 6.17.